The number of aryl methyl sites for hydroxylation is 1. The molecule has 0 radical (unpaired) electrons. The highest BCUT2D eigenvalue weighted by molar-refractivity contribution is 5.09. The van der Waals surface area contributed by atoms with Gasteiger partial charge in [0.25, 0.3) is 0 Å². The minimum Gasteiger partial charge on any atom is -0.384 e. The summed E-state index contributed by atoms with van der Waals surface area (Å²) in [6.45, 7) is 5.22. The van der Waals surface area contributed by atoms with Gasteiger partial charge in [0.2, 0.25) is 0 Å². The molecule has 1 aliphatic rings. The normalized spacial score (nSPS) is 28.3. The van der Waals surface area contributed by atoms with E-state index in [0.717, 1.165) is 50.3 Å². The average molecular weight is 265 g/mol. The van der Waals surface area contributed by atoms with E-state index in [2.05, 4.69) is 24.2 Å². The smallest absolute Gasteiger partial charge is 0.108 e. The molecule has 108 valence electrons. The number of hydrogen-bond acceptors (Lipinski definition) is 3. The first-order valence-corrected chi connectivity index (χ1v) is 7.81. The molecule has 0 amide bonds. The van der Waals surface area contributed by atoms with Gasteiger partial charge >= 0.3 is 0 Å². The van der Waals surface area contributed by atoms with E-state index < -0.39 is 5.60 Å². The van der Waals surface area contributed by atoms with Crippen molar-refractivity contribution < 1.29 is 5.11 Å². The van der Waals surface area contributed by atoms with Crippen LogP contribution in [-0.4, -0.2) is 20.1 Å². The van der Waals surface area contributed by atoms with Crippen LogP contribution < -0.4 is 0 Å². The Labute approximate surface area is 116 Å². The first kappa shape index (κ1) is 14.5. The summed E-state index contributed by atoms with van der Waals surface area (Å²) < 4.78 is 1.89. The van der Waals surface area contributed by atoms with E-state index in [-0.39, 0.29) is 0 Å². The molecule has 1 fully saturated rings. The number of aromatic nitrogens is 3. The minimum atomic E-state index is -0.707. The van der Waals surface area contributed by atoms with E-state index in [1.54, 1.807) is 6.20 Å². The molecule has 4 heteroatoms. The second kappa shape index (κ2) is 6.51. The van der Waals surface area contributed by atoms with E-state index in [9.17, 15) is 5.11 Å². The molecule has 1 saturated carbocycles. The number of nitrogens with zero attached hydrogens (tertiary/aromatic N) is 3. The van der Waals surface area contributed by atoms with Gasteiger partial charge in [0.15, 0.2) is 0 Å². The number of aliphatic hydroxyl groups is 1. The summed E-state index contributed by atoms with van der Waals surface area (Å²) in [6.07, 6.45) is 10.5. The quantitative estimate of drug-likeness (QED) is 0.831. The molecule has 1 aromatic heterocycles. The van der Waals surface area contributed by atoms with E-state index in [1.165, 1.54) is 19.3 Å². The van der Waals surface area contributed by atoms with Gasteiger partial charge < -0.3 is 5.11 Å². The fraction of sp³-hybridized carbons (Fsp3) is 0.867. The van der Waals surface area contributed by atoms with Crippen molar-refractivity contribution in [2.24, 2.45) is 5.92 Å². The molecule has 1 aliphatic carbocycles. The molecule has 2 rings (SSSR count). The molecular weight excluding hydrogens is 238 g/mol. The summed E-state index contributed by atoms with van der Waals surface area (Å²) >= 11 is 0. The van der Waals surface area contributed by atoms with Crippen molar-refractivity contribution in [1.29, 1.82) is 0 Å². The number of hydrogen-bond donors (Lipinski definition) is 1. The Balaban J connectivity index is 2.11. The van der Waals surface area contributed by atoms with Gasteiger partial charge in [-0.25, -0.2) is 4.68 Å². The largest absolute Gasteiger partial charge is 0.384 e. The van der Waals surface area contributed by atoms with Gasteiger partial charge in [0.1, 0.15) is 5.60 Å². The Morgan fingerprint density at radius 1 is 1.32 bits per heavy atom. The van der Waals surface area contributed by atoms with E-state index in [0.29, 0.717) is 0 Å². The lowest BCUT2D eigenvalue weighted by Crippen LogP contribution is -2.28. The zero-order valence-corrected chi connectivity index (χ0v) is 12.3. The SMILES string of the molecule is CCCC1CCCC(O)(c2cnnn2CCC)CC1. The first-order chi connectivity index (χ1) is 9.19. The van der Waals surface area contributed by atoms with Gasteiger partial charge in [-0.2, -0.15) is 0 Å². The van der Waals surface area contributed by atoms with E-state index >= 15 is 0 Å². The zero-order valence-electron chi connectivity index (χ0n) is 12.3. The maximum Gasteiger partial charge on any atom is 0.108 e. The van der Waals surface area contributed by atoms with Crippen molar-refractivity contribution in [3.63, 3.8) is 0 Å². The molecule has 0 spiro atoms. The zero-order chi connectivity index (χ0) is 13.7. The Bertz CT molecular complexity index is 390. The molecular formula is C15H27N3O. The summed E-state index contributed by atoms with van der Waals surface area (Å²) in [5.41, 5.74) is 0.216. The summed E-state index contributed by atoms with van der Waals surface area (Å²) in [4.78, 5) is 0. The van der Waals surface area contributed by atoms with Gasteiger partial charge in [0.05, 0.1) is 11.9 Å². The molecule has 1 aromatic rings. The first-order valence-electron chi connectivity index (χ1n) is 7.81. The van der Waals surface area contributed by atoms with Gasteiger partial charge in [-0.1, -0.05) is 38.3 Å². The third kappa shape index (κ3) is 3.35. The standard InChI is InChI=1S/C15H27N3O/c1-3-6-13-7-5-9-15(19,10-8-13)14-12-16-17-18(14)11-4-2/h12-13,19H,3-11H2,1-2H3. The van der Waals surface area contributed by atoms with Gasteiger partial charge in [-0.05, 0) is 38.0 Å². The van der Waals surface area contributed by atoms with E-state index in [4.69, 9.17) is 0 Å². The van der Waals surface area contributed by atoms with Crippen LogP contribution in [0.2, 0.25) is 0 Å². The Kier molecular flexibility index (Phi) is 4.97. The van der Waals surface area contributed by atoms with Crippen molar-refractivity contribution in [1.82, 2.24) is 15.0 Å². The minimum absolute atomic E-state index is 0.707. The fourth-order valence-electron chi connectivity index (χ4n) is 3.34. The lowest BCUT2D eigenvalue weighted by molar-refractivity contribution is 0.0106. The Morgan fingerprint density at radius 3 is 2.89 bits per heavy atom. The summed E-state index contributed by atoms with van der Waals surface area (Å²) in [5, 5.41) is 19.1. The highest BCUT2D eigenvalue weighted by Gasteiger charge is 2.35. The summed E-state index contributed by atoms with van der Waals surface area (Å²) in [6, 6.07) is 0. The molecule has 1 heterocycles. The van der Waals surface area contributed by atoms with Crippen LogP contribution in [0.15, 0.2) is 6.20 Å². The van der Waals surface area contributed by atoms with Crippen molar-refractivity contribution in [2.45, 2.75) is 77.4 Å². The molecule has 0 bridgehead atoms. The van der Waals surface area contributed by atoms with Crippen LogP contribution in [0.5, 0.6) is 0 Å². The molecule has 2 atom stereocenters. The molecule has 4 nitrogen and oxygen atoms in total. The van der Waals surface area contributed by atoms with Gasteiger partial charge in [-0.3, -0.25) is 0 Å². The Morgan fingerprint density at radius 2 is 2.16 bits per heavy atom. The van der Waals surface area contributed by atoms with Crippen LogP contribution >= 0.6 is 0 Å². The second-order valence-electron chi connectivity index (χ2n) is 5.96. The average Bonchev–Trinajstić information content (AvgIpc) is 2.77. The molecule has 0 aromatic carbocycles. The Hall–Kier alpha value is -0.900. The molecule has 2 unspecified atom stereocenters. The van der Waals surface area contributed by atoms with Crippen LogP contribution in [0.25, 0.3) is 0 Å². The third-order valence-corrected chi connectivity index (χ3v) is 4.40. The van der Waals surface area contributed by atoms with Crippen molar-refractivity contribution in [3.8, 4) is 0 Å². The molecule has 0 aliphatic heterocycles. The molecule has 19 heavy (non-hydrogen) atoms. The van der Waals surface area contributed by atoms with Gasteiger partial charge in [0, 0.05) is 6.54 Å². The van der Waals surface area contributed by atoms with Crippen LogP contribution in [0.1, 0.15) is 70.9 Å². The molecule has 1 N–H and O–H groups in total. The highest BCUT2D eigenvalue weighted by Crippen LogP contribution is 2.38. The second-order valence-corrected chi connectivity index (χ2v) is 5.96. The monoisotopic (exact) mass is 265 g/mol. The van der Waals surface area contributed by atoms with Crippen LogP contribution in [0.4, 0.5) is 0 Å². The number of rotatable bonds is 5. The molecule has 0 saturated heterocycles. The highest BCUT2D eigenvalue weighted by atomic mass is 16.3. The topological polar surface area (TPSA) is 50.9 Å². The van der Waals surface area contributed by atoms with Crippen LogP contribution in [0.3, 0.4) is 0 Å². The predicted molar refractivity (Wildman–Crippen MR) is 75.7 cm³/mol. The van der Waals surface area contributed by atoms with Crippen molar-refractivity contribution in [3.05, 3.63) is 11.9 Å². The van der Waals surface area contributed by atoms with Crippen molar-refractivity contribution >= 4 is 0 Å². The van der Waals surface area contributed by atoms with Crippen LogP contribution in [-0.2, 0) is 12.1 Å². The third-order valence-electron chi connectivity index (χ3n) is 4.40. The van der Waals surface area contributed by atoms with Crippen molar-refractivity contribution in [2.75, 3.05) is 0 Å². The van der Waals surface area contributed by atoms with Gasteiger partial charge in [-0.15, -0.1) is 5.10 Å². The lowest BCUT2D eigenvalue weighted by Gasteiger charge is -2.27. The summed E-state index contributed by atoms with van der Waals surface area (Å²) in [5.74, 6) is 0.787. The van der Waals surface area contributed by atoms with E-state index in [1.807, 2.05) is 4.68 Å². The summed E-state index contributed by atoms with van der Waals surface area (Å²) in [7, 11) is 0. The predicted octanol–water partition coefficient (Wildman–Crippen LogP) is 3.26. The fourth-order valence-corrected chi connectivity index (χ4v) is 3.34. The van der Waals surface area contributed by atoms with Crippen LogP contribution in [0, 0.1) is 5.92 Å². The lowest BCUT2D eigenvalue weighted by atomic mass is 9.89. The maximum atomic E-state index is 11.0. The maximum absolute atomic E-state index is 11.0.